The van der Waals surface area contributed by atoms with E-state index in [9.17, 15) is 0 Å². The van der Waals surface area contributed by atoms with E-state index in [1.807, 2.05) is 36.5 Å². The summed E-state index contributed by atoms with van der Waals surface area (Å²) < 4.78 is 0. The molecule has 105 valence electrons. The summed E-state index contributed by atoms with van der Waals surface area (Å²) in [7, 11) is 0. The van der Waals surface area contributed by atoms with Crippen LogP contribution in [-0.4, -0.2) is 4.98 Å². The van der Waals surface area contributed by atoms with Crippen LogP contribution in [0.15, 0.2) is 76.7 Å². The molecule has 0 saturated carbocycles. The molecule has 0 amide bonds. The van der Waals surface area contributed by atoms with Gasteiger partial charge in [0, 0.05) is 31.2 Å². The average molecular weight is 468 g/mol. The predicted octanol–water partition coefficient (Wildman–Crippen LogP) is 4.81. The van der Waals surface area contributed by atoms with Crippen molar-refractivity contribution in [3.8, 4) is 0 Å². The van der Waals surface area contributed by atoms with Crippen LogP contribution in [0.2, 0.25) is 0 Å². The van der Waals surface area contributed by atoms with Gasteiger partial charge < -0.3 is 4.90 Å². The number of fused-ring (bicyclic) bond motifs is 2. The first-order valence-corrected chi connectivity index (χ1v) is 7.24. The third-order valence-corrected chi connectivity index (χ3v) is 4.34. The van der Waals surface area contributed by atoms with Gasteiger partial charge in [-0.15, -0.1) is 0 Å². The largest absolute Gasteiger partial charge is 0.317 e. The van der Waals surface area contributed by atoms with Crippen molar-refractivity contribution in [3.63, 3.8) is 0 Å². The Morgan fingerprint density at radius 2 is 1.71 bits per heavy atom. The predicted molar refractivity (Wildman–Crippen MR) is 81.9 cm³/mol. The van der Waals surface area contributed by atoms with Crippen LogP contribution in [0, 0.1) is 6.07 Å². The topological polar surface area (TPSA) is 16.1 Å². The van der Waals surface area contributed by atoms with Gasteiger partial charge in [-0.25, -0.2) is 4.98 Å². The maximum Gasteiger partial charge on any atom is 0.135 e. The van der Waals surface area contributed by atoms with Crippen LogP contribution >= 0.6 is 11.8 Å². The Morgan fingerprint density at radius 1 is 0.905 bits per heavy atom. The second kappa shape index (κ2) is 6.02. The smallest absolute Gasteiger partial charge is 0.135 e. The Morgan fingerprint density at radius 3 is 2.57 bits per heavy atom. The molecule has 1 aromatic heterocycles. The molecule has 4 heteroatoms. The van der Waals surface area contributed by atoms with Crippen molar-refractivity contribution in [2.75, 3.05) is 4.90 Å². The van der Waals surface area contributed by atoms with E-state index in [0.717, 1.165) is 17.2 Å². The molecule has 0 bridgehead atoms. The van der Waals surface area contributed by atoms with Gasteiger partial charge in [0.1, 0.15) is 5.82 Å². The Bertz CT molecular complexity index is 716. The summed E-state index contributed by atoms with van der Waals surface area (Å²) in [6, 6.07) is 23.8. The van der Waals surface area contributed by atoms with Gasteiger partial charge in [0.15, 0.2) is 0 Å². The fourth-order valence-corrected chi connectivity index (χ4v) is 3.40. The van der Waals surface area contributed by atoms with Crippen molar-refractivity contribution >= 4 is 29.0 Å². The molecule has 21 heavy (non-hydrogen) atoms. The number of pyridine rings is 1. The molecule has 1 radical (unpaired) electrons. The van der Waals surface area contributed by atoms with Crippen LogP contribution in [0.25, 0.3) is 0 Å². The van der Waals surface area contributed by atoms with Gasteiger partial charge >= 0.3 is 0 Å². The fourth-order valence-electron chi connectivity index (χ4n) is 2.36. The molecule has 0 fully saturated rings. The average Bonchev–Trinajstić information content (AvgIpc) is 2.53. The van der Waals surface area contributed by atoms with Gasteiger partial charge in [0.2, 0.25) is 0 Å². The van der Waals surface area contributed by atoms with Crippen LogP contribution in [0.4, 0.5) is 17.2 Å². The molecule has 1 aliphatic heterocycles. The maximum atomic E-state index is 4.50. The number of aromatic nitrogens is 1. The van der Waals surface area contributed by atoms with Crippen LogP contribution in [0.5, 0.6) is 0 Å². The molecule has 3 aromatic rings. The SMILES string of the molecule is [Ir].[c-]1cccc2c1N(c1ccccn1)c1ccccc1S2. The van der Waals surface area contributed by atoms with Gasteiger partial charge in [-0.2, -0.15) is 36.0 Å². The van der Waals surface area contributed by atoms with Crippen molar-refractivity contribution in [1.29, 1.82) is 0 Å². The zero-order chi connectivity index (χ0) is 13.4. The standard InChI is InChI=1S/C17H11N2S.Ir/c1-3-9-15-13(7-1)19(17-11-5-6-12-18-17)14-8-2-4-10-16(14)20-15;/h1-7,9-12H;/q-1;. The number of nitrogens with zero attached hydrogens (tertiary/aromatic N) is 2. The molecular weight excluding hydrogens is 456 g/mol. The summed E-state index contributed by atoms with van der Waals surface area (Å²) in [5.41, 5.74) is 2.22. The van der Waals surface area contributed by atoms with E-state index >= 15 is 0 Å². The number of benzene rings is 2. The van der Waals surface area contributed by atoms with Crippen LogP contribution in [0.1, 0.15) is 0 Å². The first-order chi connectivity index (χ1) is 9.93. The molecule has 0 saturated heterocycles. The second-order valence-electron chi connectivity index (χ2n) is 4.48. The van der Waals surface area contributed by atoms with Crippen molar-refractivity contribution in [3.05, 3.63) is 72.9 Å². The summed E-state index contributed by atoms with van der Waals surface area (Å²) >= 11 is 1.78. The van der Waals surface area contributed by atoms with Crippen LogP contribution in [0.3, 0.4) is 0 Å². The van der Waals surface area contributed by atoms with Crippen LogP contribution < -0.4 is 4.90 Å². The molecule has 0 N–H and O–H groups in total. The Balaban J connectivity index is 0.00000132. The summed E-state index contributed by atoms with van der Waals surface area (Å²) in [6.45, 7) is 0. The van der Waals surface area contributed by atoms with E-state index in [1.165, 1.54) is 9.79 Å². The molecule has 0 unspecified atom stereocenters. The molecule has 0 spiro atoms. The number of hydrogen-bond donors (Lipinski definition) is 0. The number of rotatable bonds is 1. The van der Waals surface area contributed by atoms with Gasteiger partial charge in [-0.05, 0) is 24.3 Å². The van der Waals surface area contributed by atoms with E-state index in [1.54, 1.807) is 11.8 Å². The summed E-state index contributed by atoms with van der Waals surface area (Å²) in [6.07, 6.45) is 1.82. The fraction of sp³-hybridized carbons (Fsp3) is 0. The Kier molecular flexibility index (Phi) is 4.11. The Labute approximate surface area is 141 Å². The minimum atomic E-state index is 0. The van der Waals surface area contributed by atoms with Crippen molar-refractivity contribution < 1.29 is 20.1 Å². The zero-order valence-corrected chi connectivity index (χ0v) is 14.2. The van der Waals surface area contributed by atoms with E-state index in [-0.39, 0.29) is 20.1 Å². The van der Waals surface area contributed by atoms with Gasteiger partial charge in [0.05, 0.1) is 5.69 Å². The monoisotopic (exact) mass is 468 g/mol. The molecule has 2 nitrogen and oxygen atoms in total. The second-order valence-corrected chi connectivity index (χ2v) is 5.56. The van der Waals surface area contributed by atoms with E-state index in [2.05, 4.69) is 46.3 Å². The Hall–Kier alpha value is -1.61. The van der Waals surface area contributed by atoms with Gasteiger partial charge in [0.25, 0.3) is 0 Å². The van der Waals surface area contributed by atoms with Crippen molar-refractivity contribution in [2.45, 2.75) is 9.79 Å². The molecule has 0 aliphatic carbocycles. The van der Waals surface area contributed by atoms with Gasteiger partial charge in [-0.3, -0.25) is 0 Å². The number of anilines is 3. The maximum absolute atomic E-state index is 4.50. The van der Waals surface area contributed by atoms with E-state index in [0.29, 0.717) is 0 Å². The minimum absolute atomic E-state index is 0. The minimum Gasteiger partial charge on any atom is -0.317 e. The summed E-state index contributed by atoms with van der Waals surface area (Å²) in [4.78, 5) is 9.11. The first kappa shape index (κ1) is 14.3. The quantitative estimate of drug-likeness (QED) is 0.374. The molecule has 2 aromatic carbocycles. The summed E-state index contributed by atoms with van der Waals surface area (Å²) in [5, 5.41) is 0. The first-order valence-electron chi connectivity index (χ1n) is 6.42. The van der Waals surface area contributed by atoms with Gasteiger partial charge in [-0.1, -0.05) is 28.8 Å². The van der Waals surface area contributed by atoms with Crippen molar-refractivity contribution in [2.24, 2.45) is 0 Å². The molecular formula is C17H11IrN2S-. The number of para-hydroxylation sites is 2. The van der Waals surface area contributed by atoms with E-state index in [4.69, 9.17) is 0 Å². The molecule has 2 heterocycles. The normalized spacial score (nSPS) is 12.1. The summed E-state index contributed by atoms with van der Waals surface area (Å²) in [5.74, 6) is 0.920. The zero-order valence-electron chi connectivity index (χ0n) is 11.0. The molecule has 1 aliphatic rings. The third-order valence-electron chi connectivity index (χ3n) is 3.23. The molecule has 0 atom stereocenters. The van der Waals surface area contributed by atoms with Crippen LogP contribution in [-0.2, 0) is 20.1 Å². The van der Waals surface area contributed by atoms with E-state index < -0.39 is 0 Å². The number of hydrogen-bond acceptors (Lipinski definition) is 3. The van der Waals surface area contributed by atoms with Crippen molar-refractivity contribution in [1.82, 2.24) is 4.98 Å². The third kappa shape index (κ3) is 2.51. The molecule has 4 rings (SSSR count).